The van der Waals surface area contributed by atoms with Crippen molar-refractivity contribution in [3.63, 3.8) is 0 Å². The van der Waals surface area contributed by atoms with Crippen LogP contribution in [0.5, 0.6) is 5.75 Å². The molecule has 0 saturated heterocycles. The van der Waals surface area contributed by atoms with Gasteiger partial charge in [-0.3, -0.25) is 9.59 Å². The lowest BCUT2D eigenvalue weighted by atomic mass is 10.1. The standard InChI is InChI=1S/C18H18BrN3O3/c1-11-4-5-12(2)15(8-11)21-17(23)18(24)22-20-10-13-9-14(19)6-7-16(13)25-3/h4-10H,1-3H3,(H,21,23)(H,22,24)/b20-10-. The number of carbonyl (C=O) groups is 2. The summed E-state index contributed by atoms with van der Waals surface area (Å²) in [6, 6.07) is 11.0. The Kier molecular flexibility index (Phi) is 6.30. The van der Waals surface area contributed by atoms with E-state index in [1.54, 1.807) is 18.2 Å². The average Bonchev–Trinajstić information content (AvgIpc) is 2.58. The zero-order chi connectivity index (χ0) is 18.4. The van der Waals surface area contributed by atoms with E-state index in [0.717, 1.165) is 15.6 Å². The second-order valence-corrected chi connectivity index (χ2v) is 6.27. The molecule has 2 N–H and O–H groups in total. The number of carbonyl (C=O) groups excluding carboxylic acids is 2. The van der Waals surface area contributed by atoms with Gasteiger partial charge in [-0.05, 0) is 49.2 Å². The SMILES string of the molecule is COc1ccc(Br)cc1/C=N\NC(=O)C(=O)Nc1cc(C)ccc1C. The van der Waals surface area contributed by atoms with Gasteiger partial charge in [0, 0.05) is 15.7 Å². The molecule has 0 radical (unpaired) electrons. The number of hydrazone groups is 1. The molecule has 0 aromatic heterocycles. The largest absolute Gasteiger partial charge is 0.496 e. The van der Waals surface area contributed by atoms with Crippen LogP contribution in [0, 0.1) is 13.8 Å². The molecule has 0 atom stereocenters. The molecule has 2 rings (SSSR count). The summed E-state index contributed by atoms with van der Waals surface area (Å²) in [6.07, 6.45) is 1.41. The van der Waals surface area contributed by atoms with Crippen molar-refractivity contribution in [3.05, 3.63) is 57.6 Å². The topological polar surface area (TPSA) is 79.8 Å². The van der Waals surface area contributed by atoms with Gasteiger partial charge in [-0.15, -0.1) is 0 Å². The Labute approximate surface area is 154 Å². The molecule has 0 heterocycles. The summed E-state index contributed by atoms with van der Waals surface area (Å²) < 4.78 is 6.05. The number of rotatable bonds is 4. The Hall–Kier alpha value is -2.67. The first-order valence-electron chi connectivity index (χ1n) is 7.46. The van der Waals surface area contributed by atoms with Crippen LogP contribution in [0.15, 0.2) is 46.0 Å². The Bertz CT molecular complexity index is 834. The number of halogens is 1. The van der Waals surface area contributed by atoms with Crippen molar-refractivity contribution in [1.82, 2.24) is 5.43 Å². The number of hydrogen-bond donors (Lipinski definition) is 2. The lowest BCUT2D eigenvalue weighted by Crippen LogP contribution is -2.32. The molecular formula is C18H18BrN3O3. The first-order valence-corrected chi connectivity index (χ1v) is 8.25. The number of benzene rings is 2. The zero-order valence-corrected chi connectivity index (χ0v) is 15.7. The second kappa shape index (κ2) is 8.43. The minimum absolute atomic E-state index is 0.595. The molecule has 2 aromatic rings. The van der Waals surface area contributed by atoms with Gasteiger partial charge in [0.05, 0.1) is 13.3 Å². The van der Waals surface area contributed by atoms with Crippen LogP contribution in [-0.2, 0) is 9.59 Å². The van der Waals surface area contributed by atoms with Gasteiger partial charge in [0.15, 0.2) is 0 Å². The van der Waals surface area contributed by atoms with E-state index in [1.807, 2.05) is 32.0 Å². The van der Waals surface area contributed by atoms with E-state index in [-0.39, 0.29) is 0 Å². The molecule has 2 aromatic carbocycles. The monoisotopic (exact) mass is 403 g/mol. The number of ether oxygens (including phenoxy) is 1. The molecule has 7 heteroatoms. The number of hydrogen-bond acceptors (Lipinski definition) is 4. The Balaban J connectivity index is 2.01. The Morgan fingerprint density at radius 2 is 1.88 bits per heavy atom. The Morgan fingerprint density at radius 1 is 1.12 bits per heavy atom. The van der Waals surface area contributed by atoms with Crippen LogP contribution in [0.1, 0.15) is 16.7 Å². The third-order valence-electron chi connectivity index (χ3n) is 3.41. The molecule has 130 valence electrons. The number of methoxy groups -OCH3 is 1. The molecule has 0 fully saturated rings. The molecule has 0 bridgehead atoms. The van der Waals surface area contributed by atoms with Crippen molar-refractivity contribution >= 4 is 39.6 Å². The summed E-state index contributed by atoms with van der Waals surface area (Å²) in [6.45, 7) is 3.76. The van der Waals surface area contributed by atoms with E-state index in [4.69, 9.17) is 4.74 Å². The third kappa shape index (κ3) is 5.15. The normalized spacial score (nSPS) is 10.6. The minimum Gasteiger partial charge on any atom is -0.496 e. The van der Waals surface area contributed by atoms with E-state index < -0.39 is 11.8 Å². The van der Waals surface area contributed by atoms with Crippen LogP contribution in [0.3, 0.4) is 0 Å². The van der Waals surface area contributed by atoms with Crippen LogP contribution < -0.4 is 15.5 Å². The highest BCUT2D eigenvalue weighted by Crippen LogP contribution is 2.21. The van der Waals surface area contributed by atoms with Crippen molar-refractivity contribution in [2.45, 2.75) is 13.8 Å². The minimum atomic E-state index is -0.855. The summed E-state index contributed by atoms with van der Waals surface area (Å²) in [7, 11) is 1.54. The fraction of sp³-hybridized carbons (Fsp3) is 0.167. The fourth-order valence-electron chi connectivity index (χ4n) is 2.07. The molecule has 0 saturated carbocycles. The second-order valence-electron chi connectivity index (χ2n) is 5.36. The van der Waals surface area contributed by atoms with Gasteiger partial charge in [-0.1, -0.05) is 28.1 Å². The van der Waals surface area contributed by atoms with Crippen LogP contribution in [0.2, 0.25) is 0 Å². The zero-order valence-electron chi connectivity index (χ0n) is 14.1. The average molecular weight is 404 g/mol. The lowest BCUT2D eigenvalue weighted by molar-refractivity contribution is -0.136. The smallest absolute Gasteiger partial charge is 0.329 e. The van der Waals surface area contributed by atoms with E-state index in [1.165, 1.54) is 13.3 Å². The van der Waals surface area contributed by atoms with E-state index in [9.17, 15) is 9.59 Å². The van der Waals surface area contributed by atoms with Gasteiger partial charge < -0.3 is 10.1 Å². The van der Waals surface area contributed by atoms with Gasteiger partial charge in [0.25, 0.3) is 0 Å². The predicted molar refractivity (Wildman–Crippen MR) is 101 cm³/mol. The molecule has 0 aliphatic carbocycles. The first kappa shape index (κ1) is 18.7. The lowest BCUT2D eigenvalue weighted by Gasteiger charge is -2.08. The maximum absolute atomic E-state index is 12.0. The molecule has 0 unspecified atom stereocenters. The highest BCUT2D eigenvalue weighted by atomic mass is 79.9. The highest BCUT2D eigenvalue weighted by Gasteiger charge is 2.14. The van der Waals surface area contributed by atoms with Crippen LogP contribution >= 0.6 is 15.9 Å². The number of nitrogens with zero attached hydrogens (tertiary/aromatic N) is 1. The van der Waals surface area contributed by atoms with Crippen molar-refractivity contribution in [2.24, 2.45) is 5.10 Å². The molecular weight excluding hydrogens is 386 g/mol. The third-order valence-corrected chi connectivity index (χ3v) is 3.90. The quantitative estimate of drug-likeness (QED) is 0.467. The number of aryl methyl sites for hydroxylation is 2. The summed E-state index contributed by atoms with van der Waals surface area (Å²) in [5.74, 6) is -1.04. The van der Waals surface area contributed by atoms with Gasteiger partial charge in [-0.25, -0.2) is 5.43 Å². The van der Waals surface area contributed by atoms with E-state index >= 15 is 0 Å². The van der Waals surface area contributed by atoms with Crippen molar-refractivity contribution < 1.29 is 14.3 Å². The van der Waals surface area contributed by atoms with Crippen LogP contribution in [-0.4, -0.2) is 25.1 Å². The van der Waals surface area contributed by atoms with E-state index in [0.29, 0.717) is 17.0 Å². The van der Waals surface area contributed by atoms with Gasteiger partial charge in [0.2, 0.25) is 0 Å². The first-order chi connectivity index (χ1) is 11.9. The Morgan fingerprint density at radius 3 is 2.60 bits per heavy atom. The van der Waals surface area contributed by atoms with Crippen molar-refractivity contribution in [1.29, 1.82) is 0 Å². The van der Waals surface area contributed by atoms with E-state index in [2.05, 4.69) is 31.8 Å². The van der Waals surface area contributed by atoms with Crippen molar-refractivity contribution in [3.8, 4) is 5.75 Å². The summed E-state index contributed by atoms with van der Waals surface area (Å²) >= 11 is 3.35. The molecule has 6 nitrogen and oxygen atoms in total. The number of amides is 2. The van der Waals surface area contributed by atoms with Gasteiger partial charge in [-0.2, -0.15) is 5.10 Å². The molecule has 0 spiro atoms. The molecule has 0 aliphatic heterocycles. The van der Waals surface area contributed by atoms with Gasteiger partial charge >= 0.3 is 11.8 Å². The van der Waals surface area contributed by atoms with Gasteiger partial charge in [0.1, 0.15) is 5.75 Å². The predicted octanol–water partition coefficient (Wildman–Crippen LogP) is 3.16. The maximum Gasteiger partial charge on any atom is 0.329 e. The number of anilines is 1. The van der Waals surface area contributed by atoms with Crippen LogP contribution in [0.4, 0.5) is 5.69 Å². The highest BCUT2D eigenvalue weighted by molar-refractivity contribution is 9.10. The maximum atomic E-state index is 12.0. The summed E-state index contributed by atoms with van der Waals surface area (Å²) in [5, 5.41) is 6.38. The molecule has 25 heavy (non-hydrogen) atoms. The summed E-state index contributed by atoms with van der Waals surface area (Å²) in [5.41, 5.74) is 5.31. The van der Waals surface area contributed by atoms with Crippen LogP contribution in [0.25, 0.3) is 0 Å². The summed E-state index contributed by atoms with van der Waals surface area (Å²) in [4.78, 5) is 23.8. The molecule has 2 amide bonds. The fourth-order valence-corrected chi connectivity index (χ4v) is 2.45. The van der Waals surface area contributed by atoms with Crippen molar-refractivity contribution in [2.75, 3.05) is 12.4 Å². The molecule has 0 aliphatic rings. The number of nitrogens with one attached hydrogen (secondary N) is 2.